The second-order valence-corrected chi connectivity index (χ2v) is 5.89. The lowest BCUT2D eigenvalue weighted by Gasteiger charge is -2.19. The first-order valence-corrected chi connectivity index (χ1v) is 7.67. The van der Waals surface area contributed by atoms with Crippen molar-refractivity contribution in [1.82, 2.24) is 15.1 Å². The first-order valence-electron chi connectivity index (χ1n) is 6.87. The molecule has 3 nitrogen and oxygen atoms in total. The number of halogens is 3. The number of aryl methyl sites for hydroxylation is 1. The fourth-order valence-electron chi connectivity index (χ4n) is 2.26. The van der Waals surface area contributed by atoms with E-state index in [-0.39, 0.29) is 5.56 Å². The lowest BCUT2D eigenvalue weighted by atomic mass is 10.0. The van der Waals surface area contributed by atoms with Crippen LogP contribution in [0.3, 0.4) is 0 Å². The van der Waals surface area contributed by atoms with Crippen LogP contribution in [0.2, 0.25) is 0 Å². The van der Waals surface area contributed by atoms with Crippen molar-refractivity contribution in [3.05, 3.63) is 51.8 Å². The van der Waals surface area contributed by atoms with Gasteiger partial charge in [0, 0.05) is 35.7 Å². The number of aromatic nitrogens is 2. The van der Waals surface area contributed by atoms with Crippen LogP contribution in [-0.4, -0.2) is 16.3 Å². The minimum atomic E-state index is -0.550. The summed E-state index contributed by atoms with van der Waals surface area (Å²) < 4.78 is 30.4. The summed E-state index contributed by atoms with van der Waals surface area (Å²) in [5.41, 5.74) is 0.866. The van der Waals surface area contributed by atoms with Crippen molar-refractivity contribution in [3.8, 4) is 0 Å². The van der Waals surface area contributed by atoms with Gasteiger partial charge in [-0.2, -0.15) is 5.10 Å². The summed E-state index contributed by atoms with van der Waals surface area (Å²) in [5.74, 6) is -1.10. The summed E-state index contributed by atoms with van der Waals surface area (Å²) in [6.45, 7) is 2.70. The van der Waals surface area contributed by atoms with Gasteiger partial charge in [0.15, 0.2) is 0 Å². The SMILES string of the molecule is CCCNC(Cc1ccn(C)n1)c1c(F)cc(Br)cc1F. The fourth-order valence-corrected chi connectivity index (χ4v) is 2.66. The molecule has 1 aromatic heterocycles. The molecule has 2 aromatic rings. The molecule has 114 valence electrons. The van der Waals surface area contributed by atoms with Crippen molar-refractivity contribution in [2.24, 2.45) is 7.05 Å². The second kappa shape index (κ2) is 7.13. The van der Waals surface area contributed by atoms with Crippen LogP contribution in [0.25, 0.3) is 0 Å². The van der Waals surface area contributed by atoms with Crippen molar-refractivity contribution >= 4 is 15.9 Å². The smallest absolute Gasteiger partial charge is 0.132 e. The topological polar surface area (TPSA) is 29.9 Å². The zero-order valence-electron chi connectivity index (χ0n) is 12.0. The number of hydrogen-bond donors (Lipinski definition) is 1. The maximum Gasteiger partial charge on any atom is 0.132 e. The van der Waals surface area contributed by atoms with Gasteiger partial charge in [-0.25, -0.2) is 8.78 Å². The van der Waals surface area contributed by atoms with Crippen LogP contribution in [0.4, 0.5) is 8.78 Å². The molecule has 0 saturated carbocycles. The normalized spacial score (nSPS) is 12.6. The van der Waals surface area contributed by atoms with Crippen molar-refractivity contribution in [1.29, 1.82) is 0 Å². The van der Waals surface area contributed by atoms with E-state index < -0.39 is 17.7 Å². The Morgan fingerprint density at radius 2 is 2.00 bits per heavy atom. The Morgan fingerprint density at radius 3 is 2.52 bits per heavy atom. The zero-order chi connectivity index (χ0) is 15.4. The highest BCUT2D eigenvalue weighted by molar-refractivity contribution is 9.10. The van der Waals surface area contributed by atoms with E-state index >= 15 is 0 Å². The van der Waals surface area contributed by atoms with Gasteiger partial charge in [0.2, 0.25) is 0 Å². The average molecular weight is 358 g/mol. The molecule has 0 aliphatic carbocycles. The Morgan fingerprint density at radius 1 is 1.33 bits per heavy atom. The molecule has 6 heteroatoms. The summed E-state index contributed by atoms with van der Waals surface area (Å²) >= 11 is 3.10. The molecule has 1 heterocycles. The summed E-state index contributed by atoms with van der Waals surface area (Å²) in [6.07, 6.45) is 3.15. The van der Waals surface area contributed by atoms with Gasteiger partial charge in [0.25, 0.3) is 0 Å². The number of benzene rings is 1. The number of rotatable bonds is 6. The monoisotopic (exact) mass is 357 g/mol. The van der Waals surface area contributed by atoms with E-state index in [1.807, 2.05) is 26.2 Å². The highest BCUT2D eigenvalue weighted by Gasteiger charge is 2.21. The Balaban J connectivity index is 2.31. The van der Waals surface area contributed by atoms with E-state index in [1.165, 1.54) is 12.1 Å². The van der Waals surface area contributed by atoms with Crippen LogP contribution in [-0.2, 0) is 13.5 Å². The molecule has 0 radical (unpaired) electrons. The van der Waals surface area contributed by atoms with Crippen LogP contribution in [0.5, 0.6) is 0 Å². The molecule has 0 fully saturated rings. The minimum Gasteiger partial charge on any atom is -0.309 e. The van der Waals surface area contributed by atoms with Gasteiger partial charge in [0.05, 0.1) is 5.69 Å². The van der Waals surface area contributed by atoms with Crippen LogP contribution in [0, 0.1) is 11.6 Å². The lowest BCUT2D eigenvalue weighted by molar-refractivity contribution is 0.460. The maximum absolute atomic E-state index is 14.2. The van der Waals surface area contributed by atoms with Crippen molar-refractivity contribution < 1.29 is 8.78 Å². The molecule has 0 aliphatic rings. The number of nitrogens with one attached hydrogen (secondary N) is 1. The van der Waals surface area contributed by atoms with Crippen LogP contribution >= 0.6 is 15.9 Å². The molecule has 0 amide bonds. The van der Waals surface area contributed by atoms with E-state index in [0.29, 0.717) is 17.4 Å². The van der Waals surface area contributed by atoms with Gasteiger partial charge >= 0.3 is 0 Å². The van der Waals surface area contributed by atoms with Crippen molar-refractivity contribution in [2.75, 3.05) is 6.54 Å². The summed E-state index contributed by atoms with van der Waals surface area (Å²) in [7, 11) is 1.82. The Hall–Kier alpha value is -1.27. The van der Waals surface area contributed by atoms with Gasteiger partial charge in [-0.1, -0.05) is 22.9 Å². The Labute approximate surface area is 131 Å². The molecular formula is C15H18BrF2N3. The molecule has 1 aromatic carbocycles. The summed E-state index contributed by atoms with van der Waals surface area (Å²) in [5, 5.41) is 7.48. The zero-order valence-corrected chi connectivity index (χ0v) is 13.6. The van der Waals surface area contributed by atoms with Gasteiger partial charge in [-0.3, -0.25) is 4.68 Å². The minimum absolute atomic E-state index is 0.0669. The van der Waals surface area contributed by atoms with E-state index in [4.69, 9.17) is 0 Å². The van der Waals surface area contributed by atoms with E-state index in [0.717, 1.165) is 12.1 Å². The highest BCUT2D eigenvalue weighted by Crippen LogP contribution is 2.27. The van der Waals surface area contributed by atoms with E-state index in [9.17, 15) is 8.78 Å². The molecule has 0 bridgehead atoms. The average Bonchev–Trinajstić information content (AvgIpc) is 2.80. The molecule has 1 unspecified atom stereocenters. The van der Waals surface area contributed by atoms with Crippen LogP contribution in [0.1, 0.15) is 30.6 Å². The lowest BCUT2D eigenvalue weighted by Crippen LogP contribution is -2.26. The molecule has 0 aliphatic heterocycles. The number of hydrogen-bond acceptors (Lipinski definition) is 2. The quantitative estimate of drug-likeness (QED) is 0.853. The predicted molar refractivity (Wildman–Crippen MR) is 82.0 cm³/mol. The summed E-state index contributed by atoms with van der Waals surface area (Å²) in [6, 6.07) is 4.00. The van der Waals surface area contributed by atoms with Gasteiger partial charge in [-0.05, 0) is 31.2 Å². The Kier molecular flexibility index (Phi) is 5.47. The second-order valence-electron chi connectivity index (χ2n) is 4.97. The highest BCUT2D eigenvalue weighted by atomic mass is 79.9. The first-order chi connectivity index (χ1) is 10.0. The molecule has 0 saturated heterocycles. The first kappa shape index (κ1) is 16.1. The third-order valence-electron chi connectivity index (χ3n) is 3.22. The van der Waals surface area contributed by atoms with Crippen molar-refractivity contribution in [2.45, 2.75) is 25.8 Å². The Bertz CT molecular complexity index is 590. The van der Waals surface area contributed by atoms with Gasteiger partial charge in [-0.15, -0.1) is 0 Å². The molecule has 21 heavy (non-hydrogen) atoms. The van der Waals surface area contributed by atoms with Crippen LogP contribution in [0.15, 0.2) is 28.9 Å². The van der Waals surface area contributed by atoms with Crippen molar-refractivity contribution in [3.63, 3.8) is 0 Å². The van der Waals surface area contributed by atoms with Gasteiger partial charge in [0.1, 0.15) is 11.6 Å². The molecule has 0 spiro atoms. The summed E-state index contributed by atoms with van der Waals surface area (Å²) in [4.78, 5) is 0. The molecule has 1 atom stereocenters. The third kappa shape index (κ3) is 4.11. The fraction of sp³-hybridized carbons (Fsp3) is 0.400. The predicted octanol–water partition coefficient (Wildman–Crippen LogP) is 3.74. The number of nitrogens with zero attached hydrogens (tertiary/aromatic N) is 2. The van der Waals surface area contributed by atoms with Gasteiger partial charge < -0.3 is 5.32 Å². The standard InChI is InChI=1S/C15H18BrF2N3/c1-3-5-19-14(9-11-4-6-21(2)20-11)15-12(17)7-10(16)8-13(15)18/h4,6-8,14,19H,3,5,9H2,1-2H3. The molecule has 2 rings (SSSR count). The third-order valence-corrected chi connectivity index (χ3v) is 3.67. The van der Waals surface area contributed by atoms with Crippen LogP contribution < -0.4 is 5.32 Å². The maximum atomic E-state index is 14.2. The largest absolute Gasteiger partial charge is 0.309 e. The molecule has 1 N–H and O–H groups in total. The van der Waals surface area contributed by atoms with E-state index in [1.54, 1.807) is 4.68 Å². The molecular weight excluding hydrogens is 340 g/mol. The van der Waals surface area contributed by atoms with E-state index in [2.05, 4.69) is 26.3 Å².